The molecule has 2 rings (SSSR count). The predicted molar refractivity (Wildman–Crippen MR) is 73.0 cm³/mol. The van der Waals surface area contributed by atoms with Crippen molar-refractivity contribution in [3.63, 3.8) is 0 Å². The summed E-state index contributed by atoms with van der Waals surface area (Å²) >= 11 is 0. The van der Waals surface area contributed by atoms with E-state index in [-0.39, 0.29) is 5.82 Å². The van der Waals surface area contributed by atoms with Gasteiger partial charge < -0.3 is 14.8 Å². The van der Waals surface area contributed by atoms with Gasteiger partial charge in [-0.2, -0.15) is 0 Å². The van der Waals surface area contributed by atoms with Crippen molar-refractivity contribution in [2.24, 2.45) is 0 Å². The maximum absolute atomic E-state index is 14.5. The van der Waals surface area contributed by atoms with Crippen molar-refractivity contribution in [2.45, 2.75) is 38.3 Å². The van der Waals surface area contributed by atoms with Crippen LogP contribution >= 0.6 is 0 Å². The molecule has 1 heterocycles. The monoisotopic (exact) mass is 267 g/mol. The summed E-state index contributed by atoms with van der Waals surface area (Å²) < 4.78 is 24.8. The molecule has 1 saturated heterocycles. The van der Waals surface area contributed by atoms with Crippen LogP contribution in [0.1, 0.15) is 30.4 Å². The Bertz CT molecular complexity index is 417. The van der Waals surface area contributed by atoms with Gasteiger partial charge in [-0.1, -0.05) is 12.5 Å². The first-order valence-corrected chi connectivity index (χ1v) is 6.82. The Morgan fingerprint density at radius 1 is 1.32 bits per heavy atom. The molecule has 1 N–H and O–H groups in total. The number of methoxy groups -OCH3 is 2. The van der Waals surface area contributed by atoms with Crippen LogP contribution in [0.4, 0.5) is 4.39 Å². The molecule has 0 saturated carbocycles. The first-order valence-electron chi connectivity index (χ1n) is 6.82. The smallest absolute Gasteiger partial charge is 0.135 e. The number of ether oxygens (including phenoxy) is 2. The van der Waals surface area contributed by atoms with Crippen LogP contribution in [0.2, 0.25) is 0 Å². The fourth-order valence-corrected chi connectivity index (χ4v) is 2.65. The molecule has 106 valence electrons. The zero-order valence-electron chi connectivity index (χ0n) is 11.7. The Balaban J connectivity index is 2.22. The number of halogens is 1. The SMILES string of the molecule is COCc1ccc(OC)c(CC2CCCCN2)c1F. The van der Waals surface area contributed by atoms with E-state index in [1.165, 1.54) is 12.8 Å². The van der Waals surface area contributed by atoms with Gasteiger partial charge in [-0.15, -0.1) is 0 Å². The van der Waals surface area contributed by atoms with E-state index in [1.54, 1.807) is 20.3 Å². The van der Waals surface area contributed by atoms with E-state index >= 15 is 0 Å². The van der Waals surface area contributed by atoms with Crippen LogP contribution in [0.3, 0.4) is 0 Å². The van der Waals surface area contributed by atoms with E-state index in [0.29, 0.717) is 35.9 Å². The highest BCUT2D eigenvalue weighted by molar-refractivity contribution is 5.39. The van der Waals surface area contributed by atoms with Crippen LogP contribution in [-0.2, 0) is 17.8 Å². The lowest BCUT2D eigenvalue weighted by atomic mass is 9.95. The maximum atomic E-state index is 14.5. The van der Waals surface area contributed by atoms with Crippen LogP contribution in [0.25, 0.3) is 0 Å². The second-order valence-corrected chi connectivity index (χ2v) is 5.00. The van der Waals surface area contributed by atoms with Crippen molar-refractivity contribution in [3.05, 3.63) is 29.1 Å². The van der Waals surface area contributed by atoms with Gasteiger partial charge in [0.15, 0.2) is 0 Å². The lowest BCUT2D eigenvalue weighted by Crippen LogP contribution is -2.36. The van der Waals surface area contributed by atoms with Crippen LogP contribution < -0.4 is 10.1 Å². The minimum absolute atomic E-state index is 0.187. The molecule has 1 unspecified atom stereocenters. The normalized spacial score (nSPS) is 19.4. The van der Waals surface area contributed by atoms with Gasteiger partial charge in [-0.25, -0.2) is 4.39 Å². The average molecular weight is 267 g/mol. The summed E-state index contributed by atoms with van der Waals surface area (Å²) in [5, 5.41) is 3.44. The fourth-order valence-electron chi connectivity index (χ4n) is 2.65. The first kappa shape index (κ1) is 14.3. The molecule has 1 aromatic rings. The molecule has 0 radical (unpaired) electrons. The third-order valence-corrected chi connectivity index (χ3v) is 3.66. The lowest BCUT2D eigenvalue weighted by Gasteiger charge is -2.24. The Kier molecular flexibility index (Phi) is 5.16. The number of rotatable bonds is 5. The van der Waals surface area contributed by atoms with Gasteiger partial charge >= 0.3 is 0 Å². The van der Waals surface area contributed by atoms with Gasteiger partial charge in [0.05, 0.1) is 13.7 Å². The van der Waals surface area contributed by atoms with E-state index in [4.69, 9.17) is 9.47 Å². The van der Waals surface area contributed by atoms with Gasteiger partial charge in [0.1, 0.15) is 11.6 Å². The minimum Gasteiger partial charge on any atom is -0.496 e. The molecule has 0 bridgehead atoms. The Morgan fingerprint density at radius 2 is 2.16 bits per heavy atom. The zero-order chi connectivity index (χ0) is 13.7. The van der Waals surface area contributed by atoms with E-state index < -0.39 is 0 Å². The average Bonchev–Trinajstić information content (AvgIpc) is 2.45. The van der Waals surface area contributed by atoms with Crippen molar-refractivity contribution in [2.75, 3.05) is 20.8 Å². The Labute approximate surface area is 114 Å². The summed E-state index contributed by atoms with van der Waals surface area (Å²) in [4.78, 5) is 0. The molecular formula is C15H22FNO2. The third-order valence-electron chi connectivity index (χ3n) is 3.66. The molecule has 0 amide bonds. The Morgan fingerprint density at radius 3 is 2.79 bits per heavy atom. The molecular weight excluding hydrogens is 245 g/mol. The highest BCUT2D eigenvalue weighted by Crippen LogP contribution is 2.27. The molecule has 1 fully saturated rings. The molecule has 19 heavy (non-hydrogen) atoms. The Hall–Kier alpha value is -1.13. The van der Waals surface area contributed by atoms with Crippen LogP contribution in [-0.4, -0.2) is 26.8 Å². The second kappa shape index (κ2) is 6.87. The van der Waals surface area contributed by atoms with Crippen molar-refractivity contribution < 1.29 is 13.9 Å². The van der Waals surface area contributed by atoms with E-state index in [0.717, 1.165) is 13.0 Å². The highest BCUT2D eigenvalue weighted by Gasteiger charge is 2.20. The molecule has 4 heteroatoms. The van der Waals surface area contributed by atoms with Crippen molar-refractivity contribution >= 4 is 0 Å². The summed E-state index contributed by atoms with van der Waals surface area (Å²) in [7, 11) is 3.16. The van der Waals surface area contributed by atoms with Crippen molar-refractivity contribution in [1.29, 1.82) is 0 Å². The van der Waals surface area contributed by atoms with Crippen LogP contribution in [0.15, 0.2) is 12.1 Å². The standard InChI is InChI=1S/C15H22FNO2/c1-18-10-11-6-7-14(19-2)13(15(11)16)9-12-5-3-4-8-17-12/h6-7,12,17H,3-5,8-10H2,1-2H3. The zero-order valence-corrected chi connectivity index (χ0v) is 11.7. The fraction of sp³-hybridized carbons (Fsp3) is 0.600. The molecule has 0 aromatic heterocycles. The molecule has 3 nitrogen and oxygen atoms in total. The first-order chi connectivity index (χ1) is 9.26. The summed E-state index contributed by atoms with van der Waals surface area (Å²) in [5.41, 5.74) is 1.26. The predicted octanol–water partition coefficient (Wildman–Crippen LogP) is 2.67. The largest absolute Gasteiger partial charge is 0.496 e. The van der Waals surface area contributed by atoms with Gasteiger partial charge in [-0.3, -0.25) is 0 Å². The minimum atomic E-state index is -0.187. The van der Waals surface area contributed by atoms with Gasteiger partial charge in [0.2, 0.25) is 0 Å². The summed E-state index contributed by atoms with van der Waals surface area (Å²) in [6.45, 7) is 1.31. The van der Waals surface area contributed by atoms with E-state index in [1.807, 2.05) is 6.07 Å². The van der Waals surface area contributed by atoms with Crippen molar-refractivity contribution in [3.8, 4) is 5.75 Å². The van der Waals surface area contributed by atoms with Crippen molar-refractivity contribution in [1.82, 2.24) is 5.32 Å². The third kappa shape index (κ3) is 3.45. The lowest BCUT2D eigenvalue weighted by molar-refractivity contribution is 0.181. The van der Waals surface area contributed by atoms with Gasteiger partial charge in [0, 0.05) is 24.3 Å². The molecule has 1 aliphatic rings. The molecule has 0 aliphatic carbocycles. The topological polar surface area (TPSA) is 30.5 Å². The number of piperidine rings is 1. The number of hydrogen-bond donors (Lipinski definition) is 1. The summed E-state index contributed by atoms with van der Waals surface area (Å²) in [6, 6.07) is 3.90. The summed E-state index contributed by atoms with van der Waals surface area (Å²) in [6.07, 6.45) is 4.18. The summed E-state index contributed by atoms with van der Waals surface area (Å²) in [5.74, 6) is 0.443. The number of nitrogens with one attached hydrogen (secondary N) is 1. The second-order valence-electron chi connectivity index (χ2n) is 5.00. The van der Waals surface area contributed by atoms with Gasteiger partial charge in [0.25, 0.3) is 0 Å². The number of benzene rings is 1. The molecule has 1 aliphatic heterocycles. The van der Waals surface area contributed by atoms with Crippen LogP contribution in [0.5, 0.6) is 5.75 Å². The molecule has 1 atom stereocenters. The maximum Gasteiger partial charge on any atom is 0.135 e. The highest BCUT2D eigenvalue weighted by atomic mass is 19.1. The molecule has 0 spiro atoms. The number of hydrogen-bond acceptors (Lipinski definition) is 3. The molecule has 1 aromatic carbocycles. The van der Waals surface area contributed by atoms with Crippen LogP contribution in [0, 0.1) is 5.82 Å². The van der Waals surface area contributed by atoms with E-state index in [9.17, 15) is 4.39 Å². The van der Waals surface area contributed by atoms with Gasteiger partial charge in [-0.05, 0) is 31.9 Å². The quantitative estimate of drug-likeness (QED) is 0.889. The van der Waals surface area contributed by atoms with E-state index in [2.05, 4.69) is 5.32 Å².